The Morgan fingerprint density at radius 1 is 1.09 bits per heavy atom. The van der Waals surface area contributed by atoms with Crippen LogP contribution in [0, 0.1) is 0 Å². The predicted octanol–water partition coefficient (Wildman–Crippen LogP) is 2.80. The molecule has 3 aliphatic heterocycles. The largest absolute Gasteiger partial charge is 0.482 e. The number of nitrogens with one attached hydrogen (secondary N) is 1. The van der Waals surface area contributed by atoms with Crippen molar-refractivity contribution in [3.05, 3.63) is 52.9 Å². The van der Waals surface area contributed by atoms with Crippen LogP contribution >= 0.6 is 11.8 Å². The Balaban J connectivity index is 1.18. The highest BCUT2D eigenvalue weighted by Crippen LogP contribution is 2.36. The fourth-order valence-corrected chi connectivity index (χ4v) is 4.51. The minimum Gasteiger partial charge on any atom is -0.482 e. The maximum atomic E-state index is 12.7. The van der Waals surface area contributed by atoms with Crippen LogP contribution < -0.4 is 24.3 Å². The van der Waals surface area contributed by atoms with Gasteiger partial charge in [0.1, 0.15) is 6.10 Å². The fourth-order valence-electron chi connectivity index (χ4n) is 3.64. The Morgan fingerprint density at radius 2 is 1.85 bits per heavy atom. The van der Waals surface area contributed by atoms with Crippen LogP contribution in [0.1, 0.15) is 12.5 Å². The number of carbonyl (C=O) groups is 3. The second kappa shape index (κ2) is 8.70. The summed E-state index contributed by atoms with van der Waals surface area (Å²) in [6, 6.07) is 12.4. The Morgan fingerprint density at radius 3 is 2.67 bits per heavy atom. The lowest BCUT2D eigenvalue weighted by Gasteiger charge is -2.31. The van der Waals surface area contributed by atoms with Crippen LogP contribution in [0.4, 0.5) is 4.79 Å². The summed E-state index contributed by atoms with van der Waals surface area (Å²) < 4.78 is 22.1. The van der Waals surface area contributed by atoms with E-state index in [1.54, 1.807) is 49.4 Å². The van der Waals surface area contributed by atoms with Crippen molar-refractivity contribution in [1.29, 1.82) is 0 Å². The van der Waals surface area contributed by atoms with E-state index in [1.165, 1.54) is 0 Å². The molecule has 3 heterocycles. The highest BCUT2D eigenvalue weighted by atomic mass is 32.2. The van der Waals surface area contributed by atoms with Crippen LogP contribution in [0.25, 0.3) is 6.08 Å². The number of carbonyl (C=O) groups excluding carboxylic acids is 3. The monoisotopic (exact) mass is 468 g/mol. The molecule has 10 heteroatoms. The predicted molar refractivity (Wildman–Crippen MR) is 119 cm³/mol. The van der Waals surface area contributed by atoms with Gasteiger partial charge in [-0.05, 0) is 54.6 Å². The number of thioether (sulfide) groups is 1. The lowest BCUT2D eigenvalue weighted by atomic mass is 10.1. The van der Waals surface area contributed by atoms with Crippen LogP contribution in [0.2, 0.25) is 0 Å². The molecule has 0 saturated carbocycles. The number of amides is 3. The van der Waals surface area contributed by atoms with Crippen LogP contribution in [0.5, 0.6) is 23.0 Å². The summed E-state index contributed by atoms with van der Waals surface area (Å²) in [5.74, 6) is 1.53. The summed E-state index contributed by atoms with van der Waals surface area (Å²) in [7, 11) is 0. The quantitative estimate of drug-likeness (QED) is 0.669. The third kappa shape index (κ3) is 4.21. The number of fused-ring (bicyclic) bond motifs is 2. The Labute approximate surface area is 193 Å². The molecule has 3 aliphatic rings. The van der Waals surface area contributed by atoms with Crippen LogP contribution in [0.15, 0.2) is 47.4 Å². The van der Waals surface area contributed by atoms with Gasteiger partial charge in [0, 0.05) is 13.1 Å². The van der Waals surface area contributed by atoms with Gasteiger partial charge in [0.15, 0.2) is 23.0 Å². The van der Waals surface area contributed by atoms with Gasteiger partial charge in [0.25, 0.3) is 17.1 Å². The molecule has 0 spiro atoms. The summed E-state index contributed by atoms with van der Waals surface area (Å²) in [4.78, 5) is 39.1. The van der Waals surface area contributed by atoms with Gasteiger partial charge in [0.2, 0.25) is 12.9 Å². The van der Waals surface area contributed by atoms with E-state index >= 15 is 0 Å². The van der Waals surface area contributed by atoms with Gasteiger partial charge >= 0.3 is 0 Å². The minimum absolute atomic E-state index is 0.0490. The molecule has 2 unspecified atom stereocenters. The van der Waals surface area contributed by atoms with Crippen LogP contribution in [-0.2, 0) is 9.59 Å². The molecule has 5 rings (SSSR count). The van der Waals surface area contributed by atoms with Crippen molar-refractivity contribution >= 4 is 34.9 Å². The Kier molecular flexibility index (Phi) is 5.59. The molecule has 1 saturated heterocycles. The third-order valence-corrected chi connectivity index (χ3v) is 6.21. The molecule has 0 bridgehead atoms. The lowest BCUT2D eigenvalue weighted by Crippen LogP contribution is -2.50. The molecule has 170 valence electrons. The average Bonchev–Trinajstić information content (AvgIpc) is 3.37. The number of rotatable bonds is 5. The highest BCUT2D eigenvalue weighted by Gasteiger charge is 2.36. The molecule has 2 atom stereocenters. The minimum atomic E-state index is -0.833. The molecule has 33 heavy (non-hydrogen) atoms. The Bertz CT molecular complexity index is 1170. The van der Waals surface area contributed by atoms with Gasteiger partial charge in [-0.25, -0.2) is 0 Å². The lowest BCUT2D eigenvalue weighted by molar-refractivity contribution is -0.133. The molecule has 9 nitrogen and oxygen atoms in total. The standard InChI is InChI=1S/C23H20N2O7S/c1-13-20(32-17-5-3-2-4-16(17)31-13)21(26)24-8-9-25-22(27)19(33-23(25)28)11-14-6-7-15-18(10-14)30-12-29-15/h2-7,10-11,13,20H,8-9,12H2,1H3,(H,24,26)/b19-11-. The zero-order valence-corrected chi connectivity index (χ0v) is 18.4. The average molecular weight is 468 g/mol. The molecule has 0 aliphatic carbocycles. The molecular weight excluding hydrogens is 448 g/mol. The van der Waals surface area contributed by atoms with E-state index in [0.29, 0.717) is 27.9 Å². The zero-order chi connectivity index (χ0) is 22.9. The summed E-state index contributed by atoms with van der Waals surface area (Å²) in [5, 5.41) is 2.34. The molecule has 2 aromatic carbocycles. The summed E-state index contributed by atoms with van der Waals surface area (Å²) in [5.41, 5.74) is 0.724. The van der Waals surface area contributed by atoms with E-state index < -0.39 is 18.1 Å². The zero-order valence-electron chi connectivity index (χ0n) is 17.6. The molecule has 3 amide bonds. The van der Waals surface area contributed by atoms with Gasteiger partial charge < -0.3 is 24.3 Å². The second-order valence-corrected chi connectivity index (χ2v) is 8.54. The van der Waals surface area contributed by atoms with E-state index in [2.05, 4.69) is 5.32 Å². The van der Waals surface area contributed by atoms with Crippen molar-refractivity contribution in [3.8, 4) is 23.0 Å². The van der Waals surface area contributed by atoms with E-state index in [1.807, 2.05) is 6.07 Å². The normalized spacial score (nSPS) is 22.1. The van der Waals surface area contributed by atoms with Gasteiger partial charge in [-0.2, -0.15) is 0 Å². The second-order valence-electron chi connectivity index (χ2n) is 7.55. The molecule has 0 radical (unpaired) electrons. The number of imide groups is 1. The van der Waals surface area contributed by atoms with Crippen molar-refractivity contribution in [1.82, 2.24) is 10.2 Å². The first-order chi connectivity index (χ1) is 16.0. The summed E-state index contributed by atoms with van der Waals surface area (Å²) >= 11 is 0.859. The van der Waals surface area contributed by atoms with E-state index in [-0.39, 0.29) is 31.0 Å². The fraction of sp³-hybridized carbons (Fsp3) is 0.261. The smallest absolute Gasteiger partial charge is 0.293 e. The molecule has 1 fully saturated rings. The Hall–Kier alpha value is -3.66. The van der Waals surface area contributed by atoms with E-state index in [0.717, 1.165) is 22.2 Å². The van der Waals surface area contributed by atoms with Crippen molar-refractivity contribution in [3.63, 3.8) is 0 Å². The van der Waals surface area contributed by atoms with E-state index in [9.17, 15) is 14.4 Å². The van der Waals surface area contributed by atoms with Gasteiger partial charge in [-0.3, -0.25) is 19.3 Å². The third-order valence-electron chi connectivity index (χ3n) is 5.30. The van der Waals surface area contributed by atoms with Gasteiger partial charge in [-0.15, -0.1) is 0 Å². The number of nitrogens with zero attached hydrogens (tertiary/aromatic N) is 1. The van der Waals surface area contributed by atoms with Crippen molar-refractivity contribution in [2.24, 2.45) is 0 Å². The first-order valence-corrected chi connectivity index (χ1v) is 11.2. The maximum Gasteiger partial charge on any atom is 0.293 e. The first kappa shape index (κ1) is 21.2. The molecule has 0 aromatic heterocycles. The number of hydrogen-bond donors (Lipinski definition) is 1. The first-order valence-electron chi connectivity index (χ1n) is 10.3. The topological polar surface area (TPSA) is 103 Å². The van der Waals surface area contributed by atoms with Gasteiger partial charge in [0.05, 0.1) is 4.91 Å². The molecular formula is C23H20N2O7S. The summed E-state index contributed by atoms with van der Waals surface area (Å²) in [6.45, 7) is 2.05. The van der Waals surface area contributed by atoms with Gasteiger partial charge in [-0.1, -0.05) is 18.2 Å². The molecule has 2 aromatic rings. The molecule has 1 N–H and O–H groups in total. The number of benzene rings is 2. The van der Waals surface area contributed by atoms with Crippen molar-refractivity contribution < 1.29 is 33.3 Å². The number of hydrogen-bond acceptors (Lipinski definition) is 8. The van der Waals surface area contributed by atoms with E-state index in [4.69, 9.17) is 18.9 Å². The highest BCUT2D eigenvalue weighted by molar-refractivity contribution is 8.18. The van der Waals surface area contributed by atoms with Crippen LogP contribution in [0.3, 0.4) is 0 Å². The SMILES string of the molecule is CC1Oc2ccccc2OC1C(=O)NCCN1C(=O)S/C(=C\c2ccc3c(c2)OCO3)C1=O. The van der Waals surface area contributed by atoms with Crippen molar-refractivity contribution in [2.75, 3.05) is 19.9 Å². The summed E-state index contributed by atoms with van der Waals surface area (Å²) in [6.07, 6.45) is 0.320. The number of ether oxygens (including phenoxy) is 4. The van der Waals surface area contributed by atoms with Crippen LogP contribution in [-0.4, -0.2) is 54.0 Å². The maximum absolute atomic E-state index is 12.7. The van der Waals surface area contributed by atoms with Crippen molar-refractivity contribution in [2.45, 2.75) is 19.1 Å². The number of para-hydroxylation sites is 2.